The van der Waals surface area contributed by atoms with Crippen molar-refractivity contribution in [3.63, 3.8) is 0 Å². The third-order valence-electron chi connectivity index (χ3n) is 2.12. The number of Topliss-reactive ketones (excluding diaryl/α,β-unsaturated/α-hetero) is 1. The topological polar surface area (TPSA) is 46.2 Å². The van der Waals surface area contributed by atoms with E-state index in [1.165, 1.54) is 0 Å². The predicted molar refractivity (Wildman–Crippen MR) is 55.3 cm³/mol. The number of carbonyl (C=O) groups excluding carboxylic acids is 2. The van der Waals surface area contributed by atoms with Crippen molar-refractivity contribution in [2.45, 2.75) is 19.5 Å². The molecule has 15 heavy (non-hydrogen) atoms. The van der Waals surface area contributed by atoms with Gasteiger partial charge in [0, 0.05) is 5.69 Å². The van der Waals surface area contributed by atoms with Gasteiger partial charge in [0.15, 0.2) is 5.78 Å². The van der Waals surface area contributed by atoms with Crippen LogP contribution in [0.5, 0.6) is 0 Å². The van der Waals surface area contributed by atoms with Crippen LogP contribution in [0.3, 0.4) is 0 Å². The Balaban J connectivity index is 2.77. The van der Waals surface area contributed by atoms with Crippen LogP contribution >= 0.6 is 0 Å². The van der Waals surface area contributed by atoms with Crippen LogP contribution in [0.25, 0.3) is 0 Å². The maximum Gasteiger partial charge on any atom is 0.269 e. The van der Waals surface area contributed by atoms with Crippen LogP contribution in [0.1, 0.15) is 13.8 Å². The highest BCUT2D eigenvalue weighted by Gasteiger charge is 2.38. The molecule has 0 aliphatic rings. The minimum absolute atomic E-state index is 0.465. The highest BCUT2D eigenvalue weighted by atomic mass is 19.1. The summed E-state index contributed by atoms with van der Waals surface area (Å²) in [6.45, 7) is 2.00. The molecule has 0 saturated heterocycles. The quantitative estimate of drug-likeness (QED) is 0.773. The van der Waals surface area contributed by atoms with E-state index in [1.807, 2.05) is 0 Å². The number of para-hydroxylation sites is 1. The van der Waals surface area contributed by atoms with Crippen molar-refractivity contribution >= 4 is 17.4 Å². The molecule has 0 aromatic heterocycles. The fourth-order valence-electron chi connectivity index (χ4n) is 0.930. The van der Waals surface area contributed by atoms with Gasteiger partial charge in [-0.2, -0.15) is 0 Å². The summed E-state index contributed by atoms with van der Waals surface area (Å²) in [5.41, 5.74) is -2.01. The maximum atomic E-state index is 13.5. The zero-order valence-electron chi connectivity index (χ0n) is 8.58. The van der Waals surface area contributed by atoms with E-state index in [1.54, 1.807) is 30.3 Å². The Bertz CT molecular complexity index is 373. The molecule has 1 aromatic carbocycles. The average molecular weight is 209 g/mol. The fraction of sp³-hybridized carbons (Fsp3) is 0.273. The number of halogens is 1. The van der Waals surface area contributed by atoms with Crippen LogP contribution in [-0.4, -0.2) is 17.4 Å². The molecule has 1 atom stereocenters. The van der Waals surface area contributed by atoms with Crippen molar-refractivity contribution in [1.82, 2.24) is 0 Å². The Morgan fingerprint density at radius 1 is 1.27 bits per heavy atom. The van der Waals surface area contributed by atoms with Crippen molar-refractivity contribution < 1.29 is 14.0 Å². The average Bonchev–Trinajstić information content (AvgIpc) is 2.18. The lowest BCUT2D eigenvalue weighted by Crippen LogP contribution is -2.41. The molecular weight excluding hydrogens is 197 g/mol. The summed E-state index contributed by atoms with van der Waals surface area (Å²) >= 11 is 0. The number of carbonyl (C=O) groups is 2. The third-order valence-corrected chi connectivity index (χ3v) is 2.12. The van der Waals surface area contributed by atoms with Crippen LogP contribution < -0.4 is 5.32 Å². The van der Waals surface area contributed by atoms with Gasteiger partial charge in [-0.1, -0.05) is 18.2 Å². The van der Waals surface area contributed by atoms with Crippen LogP contribution in [0.15, 0.2) is 30.3 Å². The van der Waals surface area contributed by atoms with E-state index in [0.29, 0.717) is 5.69 Å². The van der Waals surface area contributed by atoms with Crippen LogP contribution in [-0.2, 0) is 9.59 Å². The molecule has 80 valence electrons. The molecular formula is C11H12FNO2. The number of rotatable bonds is 3. The van der Waals surface area contributed by atoms with Gasteiger partial charge in [-0.3, -0.25) is 9.59 Å². The van der Waals surface area contributed by atoms with Crippen LogP contribution in [0.4, 0.5) is 10.1 Å². The first-order chi connectivity index (χ1) is 6.94. The molecule has 0 heterocycles. The van der Waals surface area contributed by atoms with E-state index in [9.17, 15) is 14.0 Å². The molecule has 1 rings (SSSR count). The highest BCUT2D eigenvalue weighted by molar-refractivity contribution is 6.13. The van der Waals surface area contributed by atoms with Gasteiger partial charge in [0.05, 0.1) is 0 Å². The number of benzene rings is 1. The van der Waals surface area contributed by atoms with E-state index in [4.69, 9.17) is 0 Å². The number of anilines is 1. The second-order valence-corrected chi connectivity index (χ2v) is 3.38. The third kappa shape index (κ3) is 2.62. The number of amides is 1. The number of alkyl halides is 1. The van der Waals surface area contributed by atoms with Crippen molar-refractivity contribution in [2.24, 2.45) is 0 Å². The first-order valence-corrected chi connectivity index (χ1v) is 4.51. The minimum Gasteiger partial charge on any atom is -0.323 e. The summed E-state index contributed by atoms with van der Waals surface area (Å²) in [5.74, 6) is -1.75. The lowest BCUT2D eigenvalue weighted by atomic mass is 10.0. The van der Waals surface area contributed by atoms with Crippen molar-refractivity contribution in [1.29, 1.82) is 0 Å². The van der Waals surface area contributed by atoms with Gasteiger partial charge in [0.2, 0.25) is 5.67 Å². The molecule has 1 aromatic rings. The van der Waals surface area contributed by atoms with Gasteiger partial charge in [-0.05, 0) is 26.0 Å². The van der Waals surface area contributed by atoms with E-state index < -0.39 is 17.4 Å². The van der Waals surface area contributed by atoms with Crippen molar-refractivity contribution in [2.75, 3.05) is 5.32 Å². The lowest BCUT2D eigenvalue weighted by Gasteiger charge is -2.16. The van der Waals surface area contributed by atoms with E-state index in [2.05, 4.69) is 5.32 Å². The fourth-order valence-corrected chi connectivity index (χ4v) is 0.930. The zero-order valence-corrected chi connectivity index (χ0v) is 8.58. The number of nitrogens with one attached hydrogen (secondary N) is 1. The lowest BCUT2D eigenvalue weighted by molar-refractivity contribution is -0.138. The van der Waals surface area contributed by atoms with Crippen LogP contribution in [0.2, 0.25) is 0 Å². The first-order valence-electron chi connectivity index (χ1n) is 4.51. The molecule has 4 heteroatoms. The summed E-state index contributed by atoms with van der Waals surface area (Å²) in [6.07, 6.45) is 0. The van der Waals surface area contributed by atoms with E-state index >= 15 is 0 Å². The normalized spacial score (nSPS) is 14.1. The van der Waals surface area contributed by atoms with E-state index in [-0.39, 0.29) is 0 Å². The Labute approximate surface area is 87.3 Å². The number of hydrogen-bond donors (Lipinski definition) is 1. The molecule has 0 radical (unpaired) electrons. The number of ketones is 1. The number of hydrogen-bond acceptors (Lipinski definition) is 2. The molecule has 0 unspecified atom stereocenters. The highest BCUT2D eigenvalue weighted by Crippen LogP contribution is 2.15. The molecule has 0 spiro atoms. The molecule has 0 aliphatic carbocycles. The molecule has 0 fully saturated rings. The summed E-state index contributed by atoms with van der Waals surface area (Å²) in [7, 11) is 0. The summed E-state index contributed by atoms with van der Waals surface area (Å²) < 4.78 is 13.5. The molecule has 0 saturated carbocycles. The second kappa shape index (κ2) is 4.21. The summed E-state index contributed by atoms with van der Waals surface area (Å²) in [5, 5.41) is 2.33. The summed E-state index contributed by atoms with van der Waals surface area (Å²) in [4.78, 5) is 22.2. The smallest absolute Gasteiger partial charge is 0.269 e. The van der Waals surface area contributed by atoms with Crippen LogP contribution in [0, 0.1) is 0 Å². The zero-order chi connectivity index (χ0) is 11.5. The van der Waals surface area contributed by atoms with E-state index in [0.717, 1.165) is 13.8 Å². The standard InChI is InChI=1S/C11H12FNO2/c1-8(14)11(2,12)10(15)13-9-6-4-3-5-7-9/h3-7H,1-2H3,(H,13,15)/t11-/m0/s1. The second-order valence-electron chi connectivity index (χ2n) is 3.38. The van der Waals surface area contributed by atoms with Gasteiger partial charge in [-0.15, -0.1) is 0 Å². The monoisotopic (exact) mass is 209 g/mol. The largest absolute Gasteiger partial charge is 0.323 e. The first kappa shape index (κ1) is 11.4. The molecule has 3 nitrogen and oxygen atoms in total. The predicted octanol–water partition coefficient (Wildman–Crippen LogP) is 1.94. The molecule has 0 bridgehead atoms. The molecule has 1 N–H and O–H groups in total. The Hall–Kier alpha value is -1.71. The van der Waals surface area contributed by atoms with Gasteiger partial charge >= 0.3 is 0 Å². The Morgan fingerprint density at radius 3 is 2.27 bits per heavy atom. The Morgan fingerprint density at radius 2 is 1.80 bits per heavy atom. The molecule has 1 amide bonds. The van der Waals surface area contributed by atoms with Gasteiger partial charge in [-0.25, -0.2) is 4.39 Å². The Kier molecular flexibility index (Phi) is 3.19. The maximum absolute atomic E-state index is 13.5. The van der Waals surface area contributed by atoms with Crippen molar-refractivity contribution in [3.8, 4) is 0 Å². The minimum atomic E-state index is -2.48. The van der Waals surface area contributed by atoms with Crippen molar-refractivity contribution in [3.05, 3.63) is 30.3 Å². The SMILES string of the molecule is CC(=O)[C@](C)(F)C(=O)Nc1ccccc1. The van der Waals surface area contributed by atoms with Gasteiger partial charge < -0.3 is 5.32 Å². The van der Waals surface area contributed by atoms with Gasteiger partial charge in [0.1, 0.15) is 0 Å². The van der Waals surface area contributed by atoms with Gasteiger partial charge in [0.25, 0.3) is 5.91 Å². The summed E-state index contributed by atoms with van der Waals surface area (Å²) in [6, 6.07) is 8.43. The molecule has 0 aliphatic heterocycles.